The third kappa shape index (κ3) is 17.8. The van der Waals surface area contributed by atoms with E-state index in [0.29, 0.717) is 11.5 Å². The van der Waals surface area contributed by atoms with Gasteiger partial charge in [0.15, 0.2) is 5.78 Å². The van der Waals surface area contributed by atoms with Gasteiger partial charge in [0.25, 0.3) is 0 Å². The Labute approximate surface area is 238 Å². The molecule has 8 heteroatoms. The van der Waals surface area contributed by atoms with Gasteiger partial charge in [-0.25, -0.2) is 0 Å². The number of aliphatic imine (C=N–C) groups is 1. The van der Waals surface area contributed by atoms with E-state index in [1.807, 2.05) is 6.92 Å². The van der Waals surface area contributed by atoms with E-state index >= 15 is 0 Å². The van der Waals surface area contributed by atoms with Crippen molar-refractivity contribution in [3.05, 3.63) is 65.3 Å². The molecule has 1 atom stereocenters. The molecular formula is C32H45F3N2O3. The number of aryl methyl sites for hydroxylation is 1. The topological polar surface area (TPSA) is 81.8 Å². The van der Waals surface area contributed by atoms with Crippen LogP contribution in [0.4, 0.5) is 13.2 Å². The second-order valence-corrected chi connectivity index (χ2v) is 8.91. The monoisotopic (exact) mass is 562 g/mol. The third-order valence-corrected chi connectivity index (χ3v) is 5.64. The highest BCUT2D eigenvalue weighted by molar-refractivity contribution is 6.14. The van der Waals surface area contributed by atoms with Crippen LogP contribution in [0.5, 0.6) is 5.75 Å². The number of halogens is 3. The van der Waals surface area contributed by atoms with Crippen LogP contribution in [0.1, 0.15) is 79.2 Å². The van der Waals surface area contributed by atoms with Crippen molar-refractivity contribution < 1.29 is 27.5 Å². The first-order chi connectivity index (χ1) is 18.7. The molecule has 222 valence electrons. The van der Waals surface area contributed by atoms with E-state index in [4.69, 9.17) is 5.73 Å². The number of hydrogen-bond acceptors (Lipinski definition) is 4. The van der Waals surface area contributed by atoms with Crippen molar-refractivity contribution in [3.8, 4) is 17.6 Å². The summed E-state index contributed by atoms with van der Waals surface area (Å²) in [5, 5.41) is 0. The highest BCUT2D eigenvalue weighted by Crippen LogP contribution is 2.26. The Morgan fingerprint density at radius 2 is 1.70 bits per heavy atom. The van der Waals surface area contributed by atoms with Crippen LogP contribution in [0, 0.1) is 24.7 Å². The van der Waals surface area contributed by atoms with Gasteiger partial charge in [-0.2, -0.15) is 0 Å². The normalized spacial score (nSPS) is 12.7. The summed E-state index contributed by atoms with van der Waals surface area (Å²) in [6.45, 7) is 17.0. The third-order valence-electron chi connectivity index (χ3n) is 5.64. The molecule has 1 unspecified atom stereocenters. The average Bonchev–Trinajstić information content (AvgIpc) is 2.90. The summed E-state index contributed by atoms with van der Waals surface area (Å²) < 4.78 is 38.5. The van der Waals surface area contributed by atoms with E-state index < -0.39 is 12.3 Å². The zero-order chi connectivity index (χ0) is 31.3. The molecule has 0 aliphatic heterocycles. The number of rotatable bonds is 10. The van der Waals surface area contributed by atoms with Crippen LogP contribution in [0.15, 0.2) is 64.7 Å². The summed E-state index contributed by atoms with van der Waals surface area (Å²) in [7, 11) is 1.78. The summed E-state index contributed by atoms with van der Waals surface area (Å²) >= 11 is 0. The van der Waals surface area contributed by atoms with E-state index in [9.17, 15) is 22.8 Å². The SMILES string of the molecule is C=CC(C)=O.CCC#C/C=C(C(N)=O)\C(C(CCCC)=NC)=C(/C)C(C)CC.Cc1ccc(OC(F)(F)F)cc1. The Morgan fingerprint density at radius 3 is 2.08 bits per heavy atom. The summed E-state index contributed by atoms with van der Waals surface area (Å²) in [4.78, 5) is 26.2. The molecule has 1 amide bonds. The number of allylic oxidation sites excluding steroid dienone is 3. The number of nitrogens with zero attached hydrogens (tertiary/aromatic N) is 1. The van der Waals surface area contributed by atoms with E-state index in [2.05, 4.69) is 55.8 Å². The van der Waals surface area contributed by atoms with Gasteiger partial charge in [-0.05, 0) is 64.2 Å². The van der Waals surface area contributed by atoms with Crippen LogP contribution in [0.25, 0.3) is 0 Å². The standard InChI is InChI=1S/C20H32N2O.C8H7F3O.C4H6O/c1-7-10-12-13-17(20(21)23)19(16(5)15(4)9-3)18(22-6)14-11-8-2;1-6-2-4-7(5-3-6)12-8(9,10)11;1-3-4(2)5/h13,15H,7-9,11,14H2,1-6H3,(H2,21,23);2-5H,1H3;3H,1H2,2H3/b17-13+,19-16-,22-18?;;. The molecule has 0 aliphatic carbocycles. The van der Waals surface area contributed by atoms with Gasteiger partial charge in [0.05, 0.1) is 5.57 Å². The molecule has 1 aromatic rings. The van der Waals surface area contributed by atoms with Crippen LogP contribution in [-0.2, 0) is 9.59 Å². The number of benzene rings is 1. The second kappa shape index (κ2) is 21.2. The van der Waals surface area contributed by atoms with E-state index in [-0.39, 0.29) is 11.5 Å². The van der Waals surface area contributed by atoms with Crippen LogP contribution in [0.2, 0.25) is 0 Å². The van der Waals surface area contributed by atoms with E-state index in [0.717, 1.165) is 54.5 Å². The maximum absolute atomic E-state index is 12.0. The number of alkyl halides is 3. The molecule has 0 aliphatic rings. The molecule has 1 aromatic carbocycles. The molecule has 0 heterocycles. The predicted octanol–water partition coefficient (Wildman–Crippen LogP) is 8.09. The number of hydrogen-bond donors (Lipinski definition) is 1. The number of primary amides is 1. The van der Waals surface area contributed by atoms with Crippen LogP contribution in [-0.4, -0.2) is 30.8 Å². The molecule has 0 radical (unpaired) electrons. The molecule has 2 N–H and O–H groups in total. The second-order valence-electron chi connectivity index (χ2n) is 8.91. The van der Waals surface area contributed by atoms with Crippen molar-refractivity contribution in [2.45, 2.75) is 86.9 Å². The van der Waals surface area contributed by atoms with Crippen molar-refractivity contribution in [3.63, 3.8) is 0 Å². The van der Waals surface area contributed by atoms with Crippen LogP contribution in [0.3, 0.4) is 0 Å². The van der Waals surface area contributed by atoms with Crippen molar-refractivity contribution in [2.24, 2.45) is 16.6 Å². The maximum atomic E-state index is 12.0. The molecule has 0 saturated heterocycles. The first-order valence-electron chi connectivity index (χ1n) is 13.3. The number of ketones is 1. The fourth-order valence-electron chi connectivity index (χ4n) is 3.07. The molecule has 0 fully saturated rings. The number of carbonyl (C=O) groups excluding carboxylic acids is 2. The Morgan fingerprint density at radius 1 is 1.15 bits per heavy atom. The van der Waals surface area contributed by atoms with Crippen molar-refractivity contribution >= 4 is 17.4 Å². The fourth-order valence-corrected chi connectivity index (χ4v) is 3.07. The number of unbranched alkanes of at least 4 members (excludes halogenated alkanes) is 1. The largest absolute Gasteiger partial charge is 0.573 e. The van der Waals surface area contributed by atoms with Gasteiger partial charge in [0, 0.05) is 30.8 Å². The molecule has 40 heavy (non-hydrogen) atoms. The molecule has 0 bridgehead atoms. The lowest BCUT2D eigenvalue weighted by Gasteiger charge is -2.19. The Hall–Kier alpha value is -3.60. The lowest BCUT2D eigenvalue weighted by atomic mass is 9.86. The molecule has 1 rings (SSSR count). The Balaban J connectivity index is 0. The molecule has 0 spiro atoms. The summed E-state index contributed by atoms with van der Waals surface area (Å²) in [5.74, 6) is 5.67. The highest BCUT2D eigenvalue weighted by atomic mass is 19.4. The minimum atomic E-state index is -4.60. The predicted molar refractivity (Wildman–Crippen MR) is 159 cm³/mol. The lowest BCUT2D eigenvalue weighted by Crippen LogP contribution is -2.22. The van der Waals surface area contributed by atoms with Gasteiger partial charge in [-0.15, -0.1) is 13.2 Å². The van der Waals surface area contributed by atoms with Crippen molar-refractivity contribution in [2.75, 3.05) is 7.05 Å². The van der Waals surface area contributed by atoms with E-state index in [1.165, 1.54) is 25.1 Å². The first-order valence-corrected chi connectivity index (χ1v) is 13.3. The highest BCUT2D eigenvalue weighted by Gasteiger charge is 2.30. The lowest BCUT2D eigenvalue weighted by molar-refractivity contribution is -0.274. The smallest absolute Gasteiger partial charge is 0.406 e. The average molecular weight is 563 g/mol. The van der Waals surface area contributed by atoms with Gasteiger partial charge in [-0.1, -0.05) is 75.8 Å². The molecule has 5 nitrogen and oxygen atoms in total. The van der Waals surface area contributed by atoms with Gasteiger partial charge < -0.3 is 10.5 Å². The van der Waals surface area contributed by atoms with Crippen LogP contribution < -0.4 is 10.5 Å². The number of amides is 1. The molecular weight excluding hydrogens is 517 g/mol. The Kier molecular flexibility index (Phi) is 20.5. The zero-order valence-electron chi connectivity index (χ0n) is 25.2. The number of ether oxygens (including phenoxy) is 1. The molecule has 0 saturated carbocycles. The minimum Gasteiger partial charge on any atom is -0.406 e. The van der Waals surface area contributed by atoms with Gasteiger partial charge in [-0.3, -0.25) is 14.6 Å². The fraction of sp³-hybridized carbons (Fsp3) is 0.469. The molecule has 0 aromatic heterocycles. The van der Waals surface area contributed by atoms with Crippen LogP contribution >= 0.6 is 0 Å². The van der Waals surface area contributed by atoms with Crippen molar-refractivity contribution in [1.29, 1.82) is 0 Å². The van der Waals surface area contributed by atoms with Crippen molar-refractivity contribution in [1.82, 2.24) is 0 Å². The van der Waals surface area contributed by atoms with E-state index in [1.54, 1.807) is 32.2 Å². The van der Waals surface area contributed by atoms with Gasteiger partial charge in [0.2, 0.25) is 5.91 Å². The Bertz CT molecular complexity index is 1090. The summed E-state index contributed by atoms with van der Waals surface area (Å²) in [6.07, 6.45) is 3.06. The first kappa shape index (κ1) is 38.5. The maximum Gasteiger partial charge on any atom is 0.573 e. The quantitative estimate of drug-likeness (QED) is 0.135. The summed E-state index contributed by atoms with van der Waals surface area (Å²) in [6, 6.07) is 5.67. The minimum absolute atomic E-state index is 0.0185. The summed E-state index contributed by atoms with van der Waals surface area (Å²) in [5.41, 5.74) is 10.0. The zero-order valence-corrected chi connectivity index (χ0v) is 25.2. The number of carbonyl (C=O) groups is 2. The number of nitrogens with two attached hydrogens (primary N) is 1. The van der Waals surface area contributed by atoms with Gasteiger partial charge in [0.1, 0.15) is 5.75 Å². The van der Waals surface area contributed by atoms with Gasteiger partial charge >= 0.3 is 6.36 Å².